The van der Waals surface area contributed by atoms with Crippen LogP contribution in [-0.4, -0.2) is 6.54 Å². The number of nitrogens with two attached hydrogens (primary N) is 1. The molecule has 2 N–H and O–H groups in total. The minimum Gasteiger partial charge on any atom is -0.330 e. The summed E-state index contributed by atoms with van der Waals surface area (Å²) in [5.74, 6) is 0. The van der Waals surface area contributed by atoms with E-state index in [0.29, 0.717) is 5.41 Å². The number of aryl methyl sites for hydroxylation is 1. The Morgan fingerprint density at radius 1 is 1.00 bits per heavy atom. The topological polar surface area (TPSA) is 26.0 Å². The van der Waals surface area contributed by atoms with Gasteiger partial charge >= 0.3 is 0 Å². The summed E-state index contributed by atoms with van der Waals surface area (Å²) in [4.78, 5) is 0. The molecular formula is C17H27N. The van der Waals surface area contributed by atoms with Crippen LogP contribution in [0.5, 0.6) is 0 Å². The molecule has 0 radical (unpaired) electrons. The Morgan fingerprint density at radius 3 is 2.22 bits per heavy atom. The second-order valence-electron chi connectivity index (χ2n) is 6.08. The van der Waals surface area contributed by atoms with E-state index in [-0.39, 0.29) is 0 Å². The van der Waals surface area contributed by atoms with Crippen LogP contribution in [0.3, 0.4) is 0 Å². The summed E-state index contributed by atoms with van der Waals surface area (Å²) in [5, 5.41) is 0. The summed E-state index contributed by atoms with van der Waals surface area (Å²) in [6.45, 7) is 3.07. The molecule has 1 nitrogen and oxygen atoms in total. The van der Waals surface area contributed by atoms with E-state index in [1.165, 1.54) is 62.5 Å². The molecule has 0 amide bonds. The largest absolute Gasteiger partial charge is 0.330 e. The number of rotatable bonds is 3. The van der Waals surface area contributed by atoms with Gasteiger partial charge in [0.1, 0.15) is 0 Å². The molecule has 0 heterocycles. The Balaban J connectivity index is 2.13. The first kappa shape index (κ1) is 13.6. The zero-order valence-corrected chi connectivity index (χ0v) is 11.8. The molecule has 18 heavy (non-hydrogen) atoms. The van der Waals surface area contributed by atoms with E-state index in [9.17, 15) is 0 Å². The average Bonchev–Trinajstić information content (AvgIpc) is 2.35. The molecule has 1 saturated carbocycles. The van der Waals surface area contributed by atoms with Crippen molar-refractivity contribution in [3.05, 3.63) is 35.4 Å². The van der Waals surface area contributed by atoms with E-state index in [4.69, 9.17) is 5.73 Å². The van der Waals surface area contributed by atoms with Crippen molar-refractivity contribution in [2.45, 2.75) is 58.3 Å². The number of benzene rings is 1. The van der Waals surface area contributed by atoms with Gasteiger partial charge in [-0.1, -0.05) is 56.4 Å². The lowest BCUT2D eigenvalue weighted by molar-refractivity contribution is 0.216. The predicted molar refractivity (Wildman–Crippen MR) is 78.7 cm³/mol. The Hall–Kier alpha value is -0.820. The number of hydrogen-bond donors (Lipinski definition) is 1. The van der Waals surface area contributed by atoms with Gasteiger partial charge in [-0.3, -0.25) is 0 Å². The van der Waals surface area contributed by atoms with E-state index in [1.807, 2.05) is 0 Å². The molecule has 1 aliphatic rings. The van der Waals surface area contributed by atoms with Crippen LogP contribution < -0.4 is 5.73 Å². The molecule has 0 unspecified atom stereocenters. The molecule has 1 aromatic carbocycles. The van der Waals surface area contributed by atoms with Gasteiger partial charge in [0.05, 0.1) is 0 Å². The van der Waals surface area contributed by atoms with Crippen LogP contribution >= 0.6 is 0 Å². The van der Waals surface area contributed by atoms with Crippen molar-refractivity contribution >= 4 is 0 Å². The van der Waals surface area contributed by atoms with Gasteiger partial charge < -0.3 is 5.73 Å². The molecule has 1 aliphatic carbocycles. The van der Waals surface area contributed by atoms with Crippen molar-refractivity contribution in [1.82, 2.24) is 0 Å². The molecule has 0 saturated heterocycles. The van der Waals surface area contributed by atoms with Gasteiger partial charge in [-0.15, -0.1) is 0 Å². The van der Waals surface area contributed by atoms with E-state index in [0.717, 1.165) is 6.54 Å². The molecule has 1 heteroatoms. The van der Waals surface area contributed by atoms with Crippen molar-refractivity contribution in [3.8, 4) is 0 Å². The molecule has 0 aliphatic heterocycles. The molecule has 2 rings (SSSR count). The van der Waals surface area contributed by atoms with Gasteiger partial charge in [0.2, 0.25) is 0 Å². The normalized spacial score (nSPS) is 20.1. The minimum atomic E-state index is 0.368. The lowest BCUT2D eigenvalue weighted by Gasteiger charge is -2.35. The van der Waals surface area contributed by atoms with Gasteiger partial charge in [-0.2, -0.15) is 0 Å². The van der Waals surface area contributed by atoms with Gasteiger partial charge in [0.25, 0.3) is 0 Å². The first-order chi connectivity index (χ1) is 8.76. The highest BCUT2D eigenvalue weighted by Gasteiger charge is 2.29. The second-order valence-corrected chi connectivity index (χ2v) is 6.08. The quantitative estimate of drug-likeness (QED) is 0.847. The third-order valence-electron chi connectivity index (χ3n) is 4.67. The Labute approximate surface area is 112 Å². The van der Waals surface area contributed by atoms with E-state index < -0.39 is 0 Å². The lowest BCUT2D eigenvalue weighted by Crippen LogP contribution is -2.33. The van der Waals surface area contributed by atoms with Gasteiger partial charge in [0.15, 0.2) is 0 Å². The number of hydrogen-bond acceptors (Lipinski definition) is 1. The summed E-state index contributed by atoms with van der Waals surface area (Å²) < 4.78 is 0. The zero-order valence-electron chi connectivity index (χ0n) is 11.8. The highest BCUT2D eigenvalue weighted by Crippen LogP contribution is 2.37. The smallest absolute Gasteiger partial charge is 0.00173 e. The standard InChI is InChI=1S/C17H27N/c1-15-9-5-6-10-16(15)13-17(14-18)11-7-3-2-4-8-12-17/h5-6,9-10H,2-4,7-8,11-14,18H2,1H3. The van der Waals surface area contributed by atoms with Crippen LogP contribution in [-0.2, 0) is 6.42 Å². The van der Waals surface area contributed by atoms with Crippen LogP contribution in [0.2, 0.25) is 0 Å². The third kappa shape index (κ3) is 3.35. The molecular weight excluding hydrogens is 218 g/mol. The van der Waals surface area contributed by atoms with Crippen molar-refractivity contribution in [2.75, 3.05) is 6.54 Å². The molecule has 0 atom stereocenters. The maximum atomic E-state index is 6.16. The van der Waals surface area contributed by atoms with Crippen LogP contribution in [0.4, 0.5) is 0 Å². The molecule has 0 spiro atoms. The Kier molecular flexibility index (Phi) is 4.82. The Bertz CT molecular complexity index is 362. The Morgan fingerprint density at radius 2 is 1.61 bits per heavy atom. The van der Waals surface area contributed by atoms with Gasteiger partial charge in [0, 0.05) is 0 Å². The average molecular weight is 245 g/mol. The molecule has 1 fully saturated rings. The SMILES string of the molecule is Cc1ccccc1CC1(CN)CCCCCCC1. The van der Waals surface area contributed by atoms with Crippen LogP contribution in [0.15, 0.2) is 24.3 Å². The fourth-order valence-corrected chi connectivity index (χ4v) is 3.32. The predicted octanol–water partition coefficient (Wildman–Crippen LogP) is 4.23. The van der Waals surface area contributed by atoms with E-state index in [2.05, 4.69) is 31.2 Å². The molecule has 100 valence electrons. The molecule has 1 aromatic rings. The summed E-state index contributed by atoms with van der Waals surface area (Å²) in [6.07, 6.45) is 10.8. The summed E-state index contributed by atoms with van der Waals surface area (Å²) in [7, 11) is 0. The summed E-state index contributed by atoms with van der Waals surface area (Å²) >= 11 is 0. The van der Waals surface area contributed by atoms with E-state index in [1.54, 1.807) is 0 Å². The van der Waals surface area contributed by atoms with Crippen molar-refractivity contribution in [3.63, 3.8) is 0 Å². The zero-order chi connectivity index (χ0) is 12.8. The van der Waals surface area contributed by atoms with Crippen LogP contribution in [0, 0.1) is 12.3 Å². The maximum Gasteiger partial charge on any atom is -0.00173 e. The first-order valence-corrected chi connectivity index (χ1v) is 7.50. The second kappa shape index (κ2) is 6.38. The maximum absolute atomic E-state index is 6.16. The van der Waals surface area contributed by atoms with Crippen LogP contribution in [0.25, 0.3) is 0 Å². The highest BCUT2D eigenvalue weighted by atomic mass is 14.6. The third-order valence-corrected chi connectivity index (χ3v) is 4.67. The molecule has 0 aromatic heterocycles. The van der Waals surface area contributed by atoms with Crippen molar-refractivity contribution in [1.29, 1.82) is 0 Å². The van der Waals surface area contributed by atoms with Gasteiger partial charge in [-0.25, -0.2) is 0 Å². The van der Waals surface area contributed by atoms with Crippen molar-refractivity contribution in [2.24, 2.45) is 11.1 Å². The first-order valence-electron chi connectivity index (χ1n) is 7.50. The van der Waals surface area contributed by atoms with Gasteiger partial charge in [-0.05, 0) is 49.3 Å². The summed E-state index contributed by atoms with van der Waals surface area (Å²) in [5.41, 5.74) is 9.45. The highest BCUT2D eigenvalue weighted by molar-refractivity contribution is 5.26. The van der Waals surface area contributed by atoms with Crippen LogP contribution in [0.1, 0.15) is 56.1 Å². The van der Waals surface area contributed by atoms with Crippen molar-refractivity contribution < 1.29 is 0 Å². The molecule has 0 bridgehead atoms. The monoisotopic (exact) mass is 245 g/mol. The fourth-order valence-electron chi connectivity index (χ4n) is 3.32. The summed E-state index contributed by atoms with van der Waals surface area (Å²) in [6, 6.07) is 8.80. The minimum absolute atomic E-state index is 0.368. The lowest BCUT2D eigenvalue weighted by atomic mass is 9.72. The van der Waals surface area contributed by atoms with E-state index >= 15 is 0 Å². The fraction of sp³-hybridized carbons (Fsp3) is 0.647.